The van der Waals surface area contributed by atoms with Crippen molar-refractivity contribution in [2.75, 3.05) is 13.2 Å². The molecule has 1 aromatic heterocycles. The Morgan fingerprint density at radius 1 is 1.54 bits per heavy atom. The van der Waals surface area contributed by atoms with Gasteiger partial charge in [-0.3, -0.25) is 14.2 Å². The number of hydrogen-bond acceptors (Lipinski definition) is 4. The van der Waals surface area contributed by atoms with E-state index in [1.165, 1.54) is 4.57 Å². The Hall–Kier alpha value is -2.25. The molecule has 0 saturated carbocycles. The number of nitrogens with zero attached hydrogens (tertiary/aromatic N) is 1. The lowest BCUT2D eigenvalue weighted by Gasteiger charge is -2.11. The lowest BCUT2D eigenvalue weighted by molar-refractivity contribution is 0.0858. The van der Waals surface area contributed by atoms with E-state index in [0.29, 0.717) is 34.3 Å². The summed E-state index contributed by atoms with van der Waals surface area (Å²) in [5.74, 6) is -0.193. The number of amides is 1. The summed E-state index contributed by atoms with van der Waals surface area (Å²) in [5, 5.41) is 3.35. The molecule has 0 unspecified atom stereocenters. The number of benzene rings is 1. The van der Waals surface area contributed by atoms with Crippen molar-refractivity contribution in [1.82, 2.24) is 14.9 Å². The highest BCUT2D eigenvalue weighted by molar-refractivity contribution is 7.71. The number of hydrogen-bond donors (Lipinski definition) is 2. The van der Waals surface area contributed by atoms with Gasteiger partial charge in [-0.2, -0.15) is 0 Å². The van der Waals surface area contributed by atoms with E-state index >= 15 is 0 Å². The maximum absolute atomic E-state index is 12.4. The van der Waals surface area contributed by atoms with Gasteiger partial charge < -0.3 is 15.0 Å². The number of H-pyrrole nitrogens is 1. The van der Waals surface area contributed by atoms with Crippen molar-refractivity contribution >= 4 is 29.0 Å². The first-order valence-corrected chi connectivity index (χ1v) is 8.28. The smallest absolute Gasteiger partial charge is 0.262 e. The van der Waals surface area contributed by atoms with Gasteiger partial charge in [0.05, 0.1) is 17.0 Å². The summed E-state index contributed by atoms with van der Waals surface area (Å²) >= 11 is 5.21. The maximum Gasteiger partial charge on any atom is 0.262 e. The van der Waals surface area contributed by atoms with Crippen LogP contribution in [0.2, 0.25) is 0 Å². The van der Waals surface area contributed by atoms with Crippen LogP contribution in [0.5, 0.6) is 0 Å². The van der Waals surface area contributed by atoms with E-state index < -0.39 is 0 Å². The molecule has 1 aromatic carbocycles. The molecular weight excluding hydrogens is 326 g/mol. The first-order valence-electron chi connectivity index (χ1n) is 7.87. The van der Waals surface area contributed by atoms with E-state index in [4.69, 9.17) is 17.0 Å². The van der Waals surface area contributed by atoms with Gasteiger partial charge in [0, 0.05) is 25.3 Å². The highest BCUT2D eigenvalue weighted by Crippen LogP contribution is 2.13. The maximum atomic E-state index is 12.4. The summed E-state index contributed by atoms with van der Waals surface area (Å²) in [4.78, 5) is 27.7. The number of aromatic nitrogens is 2. The second-order valence-corrected chi connectivity index (χ2v) is 6.13. The number of ether oxygens (including phenoxy) is 1. The third kappa shape index (κ3) is 3.32. The molecule has 0 bridgehead atoms. The molecule has 1 aliphatic rings. The first-order chi connectivity index (χ1) is 11.6. The van der Waals surface area contributed by atoms with E-state index in [2.05, 4.69) is 16.9 Å². The fourth-order valence-corrected chi connectivity index (χ4v) is 3.07. The molecule has 1 aliphatic heterocycles. The van der Waals surface area contributed by atoms with E-state index in [-0.39, 0.29) is 17.6 Å². The SMILES string of the molecule is C=CCn1c(=S)[nH]c2cc(C(=O)NC[C@@H]3CCCO3)ccc2c1=O. The highest BCUT2D eigenvalue weighted by Gasteiger charge is 2.17. The largest absolute Gasteiger partial charge is 0.376 e. The monoisotopic (exact) mass is 345 g/mol. The Balaban J connectivity index is 1.86. The molecule has 1 saturated heterocycles. The Morgan fingerprint density at radius 3 is 3.08 bits per heavy atom. The van der Waals surface area contributed by atoms with Crippen LogP contribution >= 0.6 is 12.2 Å². The fraction of sp³-hybridized carbons (Fsp3) is 0.353. The summed E-state index contributed by atoms with van der Waals surface area (Å²) in [5.41, 5.74) is 0.835. The Kier molecular flexibility index (Phi) is 4.92. The van der Waals surface area contributed by atoms with Crippen molar-refractivity contribution in [2.24, 2.45) is 0 Å². The molecule has 2 aromatic rings. The summed E-state index contributed by atoms with van der Waals surface area (Å²) in [6, 6.07) is 4.93. The van der Waals surface area contributed by atoms with E-state index in [1.54, 1.807) is 24.3 Å². The first kappa shape index (κ1) is 16.6. The van der Waals surface area contributed by atoms with Crippen LogP contribution < -0.4 is 10.9 Å². The number of allylic oxidation sites excluding steroid dienone is 1. The minimum atomic E-state index is -0.194. The second-order valence-electron chi connectivity index (χ2n) is 5.74. The van der Waals surface area contributed by atoms with Gasteiger partial charge in [0.15, 0.2) is 4.77 Å². The molecule has 2 N–H and O–H groups in total. The molecule has 7 heteroatoms. The molecule has 1 amide bonds. The lowest BCUT2D eigenvalue weighted by atomic mass is 10.1. The zero-order valence-corrected chi connectivity index (χ0v) is 14.0. The van der Waals surface area contributed by atoms with E-state index in [1.807, 2.05) is 0 Å². The fourth-order valence-electron chi connectivity index (χ4n) is 2.80. The summed E-state index contributed by atoms with van der Waals surface area (Å²) in [7, 11) is 0. The Labute approximate surface area is 144 Å². The van der Waals surface area contributed by atoms with E-state index in [9.17, 15) is 9.59 Å². The van der Waals surface area contributed by atoms with E-state index in [0.717, 1.165) is 19.4 Å². The van der Waals surface area contributed by atoms with Gasteiger partial charge in [-0.1, -0.05) is 6.08 Å². The Morgan fingerprint density at radius 2 is 2.38 bits per heavy atom. The Bertz CT molecular complexity index is 894. The van der Waals surface area contributed by atoms with Gasteiger partial charge in [-0.15, -0.1) is 6.58 Å². The molecule has 0 aliphatic carbocycles. The van der Waals surface area contributed by atoms with Crippen LogP contribution in [0.3, 0.4) is 0 Å². The third-order valence-corrected chi connectivity index (χ3v) is 4.39. The number of nitrogens with one attached hydrogen (secondary N) is 2. The predicted molar refractivity (Wildman–Crippen MR) is 94.9 cm³/mol. The minimum Gasteiger partial charge on any atom is -0.376 e. The van der Waals surface area contributed by atoms with Crippen molar-refractivity contribution in [1.29, 1.82) is 0 Å². The van der Waals surface area contributed by atoms with Crippen molar-refractivity contribution in [3.8, 4) is 0 Å². The van der Waals surface area contributed by atoms with Crippen LogP contribution in [0.4, 0.5) is 0 Å². The normalized spacial score (nSPS) is 17.1. The van der Waals surface area contributed by atoms with Gasteiger partial charge in [0.1, 0.15) is 0 Å². The molecule has 24 heavy (non-hydrogen) atoms. The molecule has 6 nitrogen and oxygen atoms in total. The molecule has 1 fully saturated rings. The van der Waals surface area contributed by atoms with Crippen LogP contribution in [0, 0.1) is 4.77 Å². The van der Waals surface area contributed by atoms with Gasteiger partial charge in [-0.25, -0.2) is 0 Å². The lowest BCUT2D eigenvalue weighted by Crippen LogP contribution is -2.31. The van der Waals surface area contributed by atoms with Gasteiger partial charge >= 0.3 is 0 Å². The van der Waals surface area contributed by atoms with Crippen LogP contribution in [0.15, 0.2) is 35.6 Å². The number of carbonyl (C=O) groups excluding carboxylic acids is 1. The van der Waals surface area contributed by atoms with Crippen LogP contribution in [-0.2, 0) is 11.3 Å². The summed E-state index contributed by atoms with van der Waals surface area (Å²) in [6.45, 7) is 5.21. The predicted octanol–water partition coefficient (Wildman–Crippen LogP) is 2.15. The standard InChI is InChI=1S/C17H19N3O3S/c1-2-7-20-16(22)13-6-5-11(9-14(13)19-17(20)24)15(21)18-10-12-4-3-8-23-12/h2,5-6,9,12H,1,3-4,7-8,10H2,(H,18,21)(H,19,24)/t12-/m0/s1. The number of carbonyl (C=O) groups is 1. The third-order valence-electron chi connectivity index (χ3n) is 4.07. The summed E-state index contributed by atoms with van der Waals surface area (Å²) in [6.07, 6.45) is 3.70. The minimum absolute atomic E-state index is 0.0892. The molecule has 1 atom stereocenters. The quantitative estimate of drug-likeness (QED) is 0.643. The summed E-state index contributed by atoms with van der Waals surface area (Å²) < 4.78 is 7.23. The highest BCUT2D eigenvalue weighted by atomic mass is 32.1. The van der Waals surface area contributed by atoms with Crippen molar-refractivity contribution < 1.29 is 9.53 Å². The van der Waals surface area contributed by atoms with Crippen molar-refractivity contribution in [2.45, 2.75) is 25.5 Å². The average molecular weight is 345 g/mol. The van der Waals surface area contributed by atoms with Gasteiger partial charge in [-0.05, 0) is 43.3 Å². The zero-order chi connectivity index (χ0) is 17.1. The van der Waals surface area contributed by atoms with Gasteiger partial charge in [0.2, 0.25) is 0 Å². The van der Waals surface area contributed by atoms with Crippen LogP contribution in [0.1, 0.15) is 23.2 Å². The van der Waals surface area contributed by atoms with Crippen molar-refractivity contribution in [3.05, 3.63) is 51.5 Å². The molecule has 3 rings (SSSR count). The van der Waals surface area contributed by atoms with Gasteiger partial charge in [0.25, 0.3) is 11.5 Å². The van der Waals surface area contributed by atoms with Crippen molar-refractivity contribution in [3.63, 3.8) is 0 Å². The second kappa shape index (κ2) is 7.11. The average Bonchev–Trinajstić information content (AvgIpc) is 3.09. The topological polar surface area (TPSA) is 76.1 Å². The number of aromatic amines is 1. The molecule has 0 spiro atoms. The molecule has 0 radical (unpaired) electrons. The molecular formula is C17H19N3O3S. The number of rotatable bonds is 5. The zero-order valence-electron chi connectivity index (χ0n) is 13.2. The van der Waals surface area contributed by atoms with Crippen LogP contribution in [0.25, 0.3) is 10.9 Å². The molecule has 2 heterocycles. The van der Waals surface area contributed by atoms with Crippen LogP contribution in [-0.4, -0.2) is 34.7 Å². The molecule has 126 valence electrons. The number of fused-ring (bicyclic) bond motifs is 1.